The van der Waals surface area contributed by atoms with Crippen LogP contribution in [0.5, 0.6) is 0 Å². The Morgan fingerprint density at radius 2 is 2.36 bits per heavy atom. The van der Waals surface area contributed by atoms with Gasteiger partial charge >= 0.3 is 0 Å². The summed E-state index contributed by atoms with van der Waals surface area (Å²) in [5.74, 6) is 1.11. The lowest BCUT2D eigenvalue weighted by Gasteiger charge is -2.10. The lowest BCUT2D eigenvalue weighted by molar-refractivity contribution is 0.122. The summed E-state index contributed by atoms with van der Waals surface area (Å²) in [5, 5.41) is 4.31. The molecule has 0 fully saturated rings. The van der Waals surface area contributed by atoms with Gasteiger partial charge in [0, 0.05) is 18.8 Å². The average molecular weight is 217 g/mol. The lowest BCUT2D eigenvalue weighted by atomic mass is 10.6. The van der Waals surface area contributed by atoms with E-state index in [9.17, 15) is 0 Å². The van der Waals surface area contributed by atoms with Crippen LogP contribution in [0.25, 0.3) is 0 Å². The number of nitrogens with zero attached hydrogens (tertiary/aromatic N) is 2. The molecular formula is C9H19N3OS. The van der Waals surface area contributed by atoms with E-state index in [1.165, 1.54) is 0 Å². The number of rotatable bonds is 6. The zero-order valence-electron chi connectivity index (χ0n) is 8.95. The van der Waals surface area contributed by atoms with Gasteiger partial charge in [-0.05, 0) is 14.1 Å². The molecule has 0 aromatic carbocycles. The Bertz CT molecular complexity index is 185. The van der Waals surface area contributed by atoms with Crippen LogP contribution in [0.3, 0.4) is 0 Å². The Balaban J connectivity index is 1.84. The maximum atomic E-state index is 5.44. The van der Waals surface area contributed by atoms with Crippen molar-refractivity contribution in [1.82, 2.24) is 10.2 Å². The smallest absolute Gasteiger partial charge is 0.156 e. The van der Waals surface area contributed by atoms with Gasteiger partial charge in [-0.1, -0.05) is 11.8 Å². The molecule has 0 aromatic heterocycles. The van der Waals surface area contributed by atoms with Gasteiger partial charge in [-0.2, -0.15) is 0 Å². The van der Waals surface area contributed by atoms with Gasteiger partial charge in [0.2, 0.25) is 0 Å². The average Bonchev–Trinajstić information content (AvgIpc) is 2.63. The normalized spacial score (nSPS) is 16.1. The molecule has 1 heterocycles. The summed E-state index contributed by atoms with van der Waals surface area (Å²) in [6.45, 7) is 4.35. The van der Waals surface area contributed by atoms with Crippen molar-refractivity contribution in [2.75, 3.05) is 52.7 Å². The Hall–Kier alpha value is -0.260. The summed E-state index contributed by atoms with van der Waals surface area (Å²) in [6.07, 6.45) is 0. The first kappa shape index (κ1) is 11.8. The van der Waals surface area contributed by atoms with Crippen LogP contribution in [0, 0.1) is 0 Å². The predicted octanol–water partition coefficient (Wildman–Crippen LogP) is 0.257. The molecule has 0 aliphatic carbocycles. The molecule has 0 saturated heterocycles. The van der Waals surface area contributed by atoms with Gasteiger partial charge in [0.05, 0.1) is 19.8 Å². The number of hydrogen-bond acceptors (Lipinski definition) is 5. The number of ether oxygens (including phenoxy) is 1. The fourth-order valence-electron chi connectivity index (χ4n) is 1.02. The van der Waals surface area contributed by atoms with E-state index >= 15 is 0 Å². The van der Waals surface area contributed by atoms with Gasteiger partial charge in [-0.25, -0.2) is 0 Å². The van der Waals surface area contributed by atoms with Gasteiger partial charge in [0.25, 0.3) is 0 Å². The van der Waals surface area contributed by atoms with Gasteiger partial charge in [-0.3, -0.25) is 4.99 Å². The minimum atomic E-state index is 0.757. The van der Waals surface area contributed by atoms with E-state index in [0.717, 1.165) is 43.8 Å². The Kier molecular flexibility index (Phi) is 5.98. The maximum absolute atomic E-state index is 5.44. The number of nitrogens with one attached hydrogen (secondary N) is 1. The molecule has 0 spiro atoms. The van der Waals surface area contributed by atoms with Gasteiger partial charge < -0.3 is 15.0 Å². The zero-order valence-corrected chi connectivity index (χ0v) is 9.77. The Labute approximate surface area is 90.1 Å². The van der Waals surface area contributed by atoms with E-state index in [-0.39, 0.29) is 0 Å². The van der Waals surface area contributed by atoms with E-state index in [0.29, 0.717) is 0 Å². The van der Waals surface area contributed by atoms with Crippen LogP contribution in [0.1, 0.15) is 0 Å². The molecule has 0 aromatic rings. The Morgan fingerprint density at radius 3 is 3.00 bits per heavy atom. The molecule has 0 radical (unpaired) electrons. The topological polar surface area (TPSA) is 36.9 Å². The first-order valence-electron chi connectivity index (χ1n) is 4.92. The third-order valence-electron chi connectivity index (χ3n) is 1.79. The second-order valence-corrected chi connectivity index (χ2v) is 4.46. The van der Waals surface area contributed by atoms with E-state index in [1.54, 1.807) is 11.8 Å². The van der Waals surface area contributed by atoms with Crippen LogP contribution >= 0.6 is 11.8 Å². The fourth-order valence-corrected chi connectivity index (χ4v) is 1.78. The molecule has 5 heteroatoms. The van der Waals surface area contributed by atoms with Crippen molar-refractivity contribution in [3.05, 3.63) is 0 Å². The minimum absolute atomic E-state index is 0.757. The van der Waals surface area contributed by atoms with E-state index in [4.69, 9.17) is 4.74 Å². The highest BCUT2D eigenvalue weighted by Gasteiger charge is 2.04. The summed E-state index contributed by atoms with van der Waals surface area (Å²) >= 11 is 1.79. The molecule has 1 N–H and O–H groups in total. The van der Waals surface area contributed by atoms with Crippen LogP contribution in [-0.4, -0.2) is 62.8 Å². The minimum Gasteiger partial charge on any atom is -0.378 e. The monoisotopic (exact) mass is 217 g/mol. The van der Waals surface area contributed by atoms with E-state index < -0.39 is 0 Å². The summed E-state index contributed by atoms with van der Waals surface area (Å²) in [5.41, 5.74) is 0. The van der Waals surface area contributed by atoms with Crippen LogP contribution in [0.2, 0.25) is 0 Å². The van der Waals surface area contributed by atoms with Crippen LogP contribution in [0.4, 0.5) is 0 Å². The number of thioether (sulfide) groups is 1. The maximum Gasteiger partial charge on any atom is 0.156 e. The molecule has 1 rings (SSSR count). The molecule has 1 aliphatic heterocycles. The number of amidine groups is 1. The van der Waals surface area contributed by atoms with Crippen molar-refractivity contribution in [2.45, 2.75) is 0 Å². The first-order valence-corrected chi connectivity index (χ1v) is 5.91. The van der Waals surface area contributed by atoms with Crippen molar-refractivity contribution in [2.24, 2.45) is 4.99 Å². The SMILES string of the molecule is CN(C)CCOCCNC1=NCCS1. The highest BCUT2D eigenvalue weighted by molar-refractivity contribution is 8.14. The molecule has 0 unspecified atom stereocenters. The third kappa shape index (κ3) is 5.47. The highest BCUT2D eigenvalue weighted by Crippen LogP contribution is 2.08. The predicted molar refractivity (Wildman–Crippen MR) is 62.1 cm³/mol. The summed E-state index contributed by atoms with van der Waals surface area (Å²) in [7, 11) is 4.09. The van der Waals surface area contributed by atoms with Gasteiger partial charge in [0.15, 0.2) is 5.17 Å². The van der Waals surface area contributed by atoms with Crippen LogP contribution in [-0.2, 0) is 4.74 Å². The molecular weight excluding hydrogens is 198 g/mol. The standard InChI is InChI=1S/C9H19N3OS/c1-12(2)5-7-13-6-3-10-9-11-4-8-14-9/h3-8H2,1-2H3,(H,10,11). The highest BCUT2D eigenvalue weighted by atomic mass is 32.2. The largest absolute Gasteiger partial charge is 0.378 e. The zero-order chi connectivity index (χ0) is 10.2. The second-order valence-electron chi connectivity index (χ2n) is 3.38. The molecule has 4 nitrogen and oxygen atoms in total. The van der Waals surface area contributed by atoms with Crippen molar-refractivity contribution in [3.63, 3.8) is 0 Å². The molecule has 82 valence electrons. The fraction of sp³-hybridized carbons (Fsp3) is 0.889. The van der Waals surface area contributed by atoms with Crippen molar-refractivity contribution in [3.8, 4) is 0 Å². The van der Waals surface area contributed by atoms with Crippen LogP contribution in [0.15, 0.2) is 4.99 Å². The molecule has 0 atom stereocenters. The molecule has 0 saturated carbocycles. The van der Waals surface area contributed by atoms with Crippen molar-refractivity contribution in [1.29, 1.82) is 0 Å². The van der Waals surface area contributed by atoms with E-state index in [1.807, 2.05) is 14.1 Å². The number of aliphatic imine (C=N–C) groups is 1. The molecule has 0 bridgehead atoms. The van der Waals surface area contributed by atoms with Crippen molar-refractivity contribution >= 4 is 16.9 Å². The number of hydrogen-bond donors (Lipinski definition) is 1. The van der Waals surface area contributed by atoms with Crippen LogP contribution < -0.4 is 5.32 Å². The lowest BCUT2D eigenvalue weighted by Crippen LogP contribution is -2.25. The van der Waals surface area contributed by atoms with Gasteiger partial charge in [-0.15, -0.1) is 0 Å². The quantitative estimate of drug-likeness (QED) is 0.647. The molecule has 1 aliphatic rings. The summed E-state index contributed by atoms with van der Waals surface area (Å²) in [4.78, 5) is 6.40. The number of likely N-dealkylation sites (N-methyl/N-ethyl adjacent to an activating group) is 1. The first-order chi connectivity index (χ1) is 6.79. The molecule has 14 heavy (non-hydrogen) atoms. The summed E-state index contributed by atoms with van der Waals surface area (Å²) < 4.78 is 5.44. The summed E-state index contributed by atoms with van der Waals surface area (Å²) in [6, 6.07) is 0. The third-order valence-corrected chi connectivity index (χ3v) is 2.72. The molecule has 0 amide bonds. The Morgan fingerprint density at radius 1 is 1.50 bits per heavy atom. The second kappa shape index (κ2) is 7.09. The van der Waals surface area contributed by atoms with E-state index in [2.05, 4.69) is 15.2 Å². The van der Waals surface area contributed by atoms with Crippen molar-refractivity contribution < 1.29 is 4.74 Å². The van der Waals surface area contributed by atoms with Gasteiger partial charge in [0.1, 0.15) is 0 Å².